The second-order valence-electron chi connectivity index (χ2n) is 5.90. The predicted octanol–water partition coefficient (Wildman–Crippen LogP) is 2.14. The van der Waals surface area contributed by atoms with Crippen molar-refractivity contribution in [3.63, 3.8) is 0 Å². The first-order chi connectivity index (χ1) is 12.8. The number of aromatic amines is 1. The summed E-state index contributed by atoms with van der Waals surface area (Å²) in [7, 11) is 0. The maximum atomic E-state index is 13.9. The number of urea groups is 1. The van der Waals surface area contributed by atoms with Crippen molar-refractivity contribution in [2.24, 2.45) is 0 Å². The van der Waals surface area contributed by atoms with Gasteiger partial charge in [0.15, 0.2) is 0 Å². The van der Waals surface area contributed by atoms with Crippen LogP contribution in [0, 0.1) is 5.82 Å². The molecule has 1 saturated heterocycles. The van der Waals surface area contributed by atoms with Crippen molar-refractivity contribution < 1.29 is 27.2 Å². The number of carbonyl (C=O) groups excluding carboxylic acids is 2. The summed E-state index contributed by atoms with van der Waals surface area (Å²) in [6.07, 6.45) is -1.64. The van der Waals surface area contributed by atoms with Gasteiger partial charge >= 0.3 is 12.2 Å². The number of halogens is 4. The maximum Gasteiger partial charge on any atom is 0.416 e. The van der Waals surface area contributed by atoms with Crippen molar-refractivity contribution in [3.8, 4) is 0 Å². The van der Waals surface area contributed by atoms with Gasteiger partial charge in [-0.1, -0.05) is 0 Å². The van der Waals surface area contributed by atoms with E-state index < -0.39 is 41.2 Å². The topological polar surface area (TPSA) is 90.1 Å². The highest BCUT2D eigenvalue weighted by Crippen LogP contribution is 2.32. The Kier molecular flexibility index (Phi) is 5.02. The summed E-state index contributed by atoms with van der Waals surface area (Å²) in [5, 5.41) is 4.74. The van der Waals surface area contributed by atoms with Crippen LogP contribution in [0.3, 0.4) is 0 Å². The van der Waals surface area contributed by atoms with Crippen molar-refractivity contribution in [2.75, 3.05) is 18.4 Å². The number of amides is 3. The minimum Gasteiger partial charge on any atom is -0.353 e. The van der Waals surface area contributed by atoms with Gasteiger partial charge in [0, 0.05) is 31.4 Å². The Morgan fingerprint density at radius 3 is 2.81 bits per heavy atom. The van der Waals surface area contributed by atoms with E-state index in [9.17, 15) is 27.2 Å². The Bertz CT molecular complexity index is 838. The van der Waals surface area contributed by atoms with Crippen LogP contribution in [0.15, 0.2) is 30.7 Å². The number of aromatic nitrogens is 2. The van der Waals surface area contributed by atoms with E-state index in [4.69, 9.17) is 0 Å². The molecular weight excluding hydrogens is 370 g/mol. The highest BCUT2D eigenvalue weighted by atomic mass is 19.4. The molecule has 1 aromatic heterocycles. The molecule has 1 aliphatic rings. The molecule has 2 aromatic rings. The molecule has 3 amide bonds. The van der Waals surface area contributed by atoms with E-state index in [2.05, 4.69) is 20.6 Å². The van der Waals surface area contributed by atoms with Crippen LogP contribution in [0.4, 0.5) is 28.0 Å². The SMILES string of the molecule is O=C1NCCN(C(=O)Nc2cc(C(F)(F)F)ccc2F)C1Cc1cnc[nH]1. The molecule has 11 heteroatoms. The van der Waals surface area contributed by atoms with Crippen molar-refractivity contribution in [3.05, 3.63) is 47.8 Å². The van der Waals surface area contributed by atoms with Gasteiger partial charge in [-0.3, -0.25) is 4.79 Å². The lowest BCUT2D eigenvalue weighted by Gasteiger charge is -2.34. The summed E-state index contributed by atoms with van der Waals surface area (Å²) in [6, 6.07) is -0.0500. The molecule has 1 fully saturated rings. The molecule has 0 spiro atoms. The molecular formula is C16H15F4N5O2. The molecule has 1 unspecified atom stereocenters. The van der Waals surface area contributed by atoms with Gasteiger partial charge in [-0.25, -0.2) is 14.2 Å². The second kappa shape index (κ2) is 7.25. The quantitative estimate of drug-likeness (QED) is 0.708. The fourth-order valence-corrected chi connectivity index (χ4v) is 2.75. The molecule has 2 heterocycles. The Labute approximate surface area is 150 Å². The summed E-state index contributed by atoms with van der Waals surface area (Å²) in [4.78, 5) is 32.5. The third-order valence-electron chi connectivity index (χ3n) is 4.10. The number of benzene rings is 1. The van der Waals surface area contributed by atoms with Gasteiger partial charge in [0.1, 0.15) is 11.9 Å². The van der Waals surface area contributed by atoms with Crippen LogP contribution < -0.4 is 10.6 Å². The lowest BCUT2D eigenvalue weighted by Crippen LogP contribution is -2.59. The normalized spacial score (nSPS) is 17.6. The zero-order chi connectivity index (χ0) is 19.6. The first kappa shape index (κ1) is 18.7. The van der Waals surface area contributed by atoms with Gasteiger partial charge in [-0.15, -0.1) is 0 Å². The largest absolute Gasteiger partial charge is 0.416 e. The summed E-state index contributed by atoms with van der Waals surface area (Å²) in [5.74, 6) is -1.43. The summed E-state index contributed by atoms with van der Waals surface area (Å²) >= 11 is 0. The third kappa shape index (κ3) is 4.18. The van der Waals surface area contributed by atoms with Crippen LogP contribution in [-0.2, 0) is 17.4 Å². The predicted molar refractivity (Wildman–Crippen MR) is 86.2 cm³/mol. The minimum atomic E-state index is -4.68. The van der Waals surface area contributed by atoms with Gasteiger partial charge in [0.05, 0.1) is 17.6 Å². The number of nitrogens with zero attached hydrogens (tertiary/aromatic N) is 2. The molecule has 0 saturated carbocycles. The van der Waals surface area contributed by atoms with Crippen molar-refractivity contribution >= 4 is 17.6 Å². The highest BCUT2D eigenvalue weighted by molar-refractivity contribution is 5.94. The highest BCUT2D eigenvalue weighted by Gasteiger charge is 2.35. The van der Waals surface area contributed by atoms with Crippen molar-refractivity contribution in [2.45, 2.75) is 18.6 Å². The Morgan fingerprint density at radius 1 is 1.37 bits per heavy atom. The van der Waals surface area contributed by atoms with Crippen LogP contribution in [0.5, 0.6) is 0 Å². The van der Waals surface area contributed by atoms with E-state index in [1.807, 2.05) is 0 Å². The average molecular weight is 385 g/mol. The number of H-pyrrole nitrogens is 1. The number of carbonyl (C=O) groups is 2. The fourth-order valence-electron chi connectivity index (χ4n) is 2.75. The van der Waals surface area contributed by atoms with Crippen molar-refractivity contribution in [1.29, 1.82) is 0 Å². The fraction of sp³-hybridized carbons (Fsp3) is 0.312. The number of hydrogen-bond acceptors (Lipinski definition) is 3. The molecule has 144 valence electrons. The number of anilines is 1. The van der Waals surface area contributed by atoms with E-state index in [1.165, 1.54) is 12.5 Å². The van der Waals surface area contributed by atoms with Crippen LogP contribution in [-0.4, -0.2) is 45.9 Å². The smallest absolute Gasteiger partial charge is 0.353 e. The average Bonchev–Trinajstić information content (AvgIpc) is 3.10. The molecule has 0 bridgehead atoms. The van der Waals surface area contributed by atoms with Crippen LogP contribution >= 0.6 is 0 Å². The third-order valence-corrected chi connectivity index (χ3v) is 4.10. The maximum absolute atomic E-state index is 13.9. The molecule has 7 nitrogen and oxygen atoms in total. The standard InChI is InChI=1S/C16H15F4N5O2/c17-11-2-1-9(16(18,19)20)5-12(11)24-15(27)25-4-3-22-14(26)13(25)6-10-7-21-8-23-10/h1-2,5,7-8,13H,3-4,6H2,(H,21,23)(H,22,26)(H,24,27). The summed E-state index contributed by atoms with van der Waals surface area (Å²) in [6.45, 7) is 0.299. The van der Waals surface area contributed by atoms with Gasteiger partial charge in [0.25, 0.3) is 0 Å². The molecule has 1 aromatic carbocycles. The lowest BCUT2D eigenvalue weighted by molar-refractivity contribution is -0.137. The Balaban J connectivity index is 1.80. The number of nitrogens with one attached hydrogen (secondary N) is 3. The molecule has 1 aliphatic heterocycles. The Morgan fingerprint density at radius 2 is 2.15 bits per heavy atom. The molecule has 0 radical (unpaired) electrons. The lowest BCUT2D eigenvalue weighted by atomic mass is 10.1. The first-order valence-corrected chi connectivity index (χ1v) is 7.95. The van der Waals surface area contributed by atoms with E-state index in [-0.39, 0.29) is 19.5 Å². The zero-order valence-corrected chi connectivity index (χ0v) is 13.8. The number of piperazine rings is 1. The molecule has 3 rings (SSSR count). The zero-order valence-electron chi connectivity index (χ0n) is 13.8. The first-order valence-electron chi connectivity index (χ1n) is 7.95. The molecule has 3 N–H and O–H groups in total. The van der Waals surface area contributed by atoms with Crippen LogP contribution in [0.1, 0.15) is 11.3 Å². The minimum absolute atomic E-state index is 0.122. The van der Waals surface area contributed by atoms with E-state index in [0.29, 0.717) is 23.9 Å². The Hall–Kier alpha value is -3.11. The van der Waals surface area contributed by atoms with Crippen LogP contribution in [0.2, 0.25) is 0 Å². The second-order valence-corrected chi connectivity index (χ2v) is 5.90. The number of alkyl halides is 3. The molecule has 0 aliphatic carbocycles. The number of imidazole rings is 1. The van der Waals surface area contributed by atoms with Crippen LogP contribution in [0.25, 0.3) is 0 Å². The molecule has 1 atom stereocenters. The summed E-state index contributed by atoms with van der Waals surface area (Å²) in [5.41, 5.74) is -1.11. The van der Waals surface area contributed by atoms with Gasteiger partial charge < -0.3 is 20.5 Å². The number of hydrogen-bond donors (Lipinski definition) is 3. The van der Waals surface area contributed by atoms with E-state index >= 15 is 0 Å². The van der Waals surface area contributed by atoms with Gasteiger partial charge in [-0.2, -0.15) is 13.2 Å². The van der Waals surface area contributed by atoms with E-state index in [1.54, 1.807) is 0 Å². The van der Waals surface area contributed by atoms with Crippen molar-refractivity contribution in [1.82, 2.24) is 20.2 Å². The summed E-state index contributed by atoms with van der Waals surface area (Å²) < 4.78 is 52.3. The monoisotopic (exact) mass is 385 g/mol. The van der Waals surface area contributed by atoms with E-state index in [0.717, 1.165) is 4.90 Å². The van der Waals surface area contributed by atoms with Gasteiger partial charge in [0.2, 0.25) is 5.91 Å². The number of rotatable bonds is 3. The molecule has 27 heavy (non-hydrogen) atoms. The van der Waals surface area contributed by atoms with Gasteiger partial charge in [-0.05, 0) is 18.2 Å².